The van der Waals surface area contributed by atoms with Crippen molar-refractivity contribution in [3.05, 3.63) is 149 Å². The first-order valence-corrected chi connectivity index (χ1v) is 29.6. The molecule has 404 valence electrons. The van der Waals surface area contributed by atoms with Gasteiger partial charge in [-0.05, 0) is 105 Å². The molecule has 0 aliphatic carbocycles. The van der Waals surface area contributed by atoms with Gasteiger partial charge in [0.15, 0.2) is 20.6 Å². The van der Waals surface area contributed by atoms with E-state index in [-0.39, 0.29) is 40.6 Å². The van der Waals surface area contributed by atoms with E-state index >= 15 is 0 Å². The van der Waals surface area contributed by atoms with E-state index in [4.69, 9.17) is 32.6 Å². The zero-order valence-electron chi connectivity index (χ0n) is 46.1. The number of quaternary nitrogens is 1. The summed E-state index contributed by atoms with van der Waals surface area (Å²) in [7, 11) is -2.04. The van der Waals surface area contributed by atoms with Crippen LogP contribution in [0.5, 0.6) is 17.2 Å². The topological polar surface area (TPSA) is 185 Å². The molecule has 0 saturated carbocycles. The summed E-state index contributed by atoms with van der Waals surface area (Å²) in [6, 6.07) is 38.0. The Morgan fingerprint density at radius 1 is 0.813 bits per heavy atom. The molecule has 1 amide bonds. The number of aromatic nitrogens is 2. The van der Waals surface area contributed by atoms with Crippen LogP contribution in [-0.4, -0.2) is 97.1 Å². The molecule has 2 unspecified atom stereocenters. The number of benzene rings is 4. The smallest absolute Gasteiger partial charge is 0.351 e. The number of amides is 1. The minimum absolute atomic E-state index is 0.0169. The molecule has 16 nitrogen and oxygen atoms in total. The first-order valence-electron chi connectivity index (χ1n) is 25.5. The van der Waals surface area contributed by atoms with E-state index in [9.17, 15) is 19.7 Å². The molecule has 1 aromatic heterocycles. The number of hydrogen-bond donors (Lipinski definition) is 3. The van der Waals surface area contributed by atoms with E-state index in [0.717, 1.165) is 16.7 Å². The Labute approximate surface area is 445 Å². The first kappa shape index (κ1) is 58.7. The van der Waals surface area contributed by atoms with Gasteiger partial charge in [-0.3, -0.25) is 9.36 Å². The Morgan fingerprint density at radius 3 is 1.83 bits per heavy atom. The zero-order valence-corrected chi connectivity index (χ0v) is 48.0. The SMILES string of the molecule is COc1ccc(C(OC[C@H]2O[C@@H](n3ccc(NC(=O)C(Oc4ccccc4)C(C)(C)C)nc3=O)[C@H](O[Si](C)(C)C(C)(C)C)[C@@H]2OP(O)N[N+](CCC#N)(C(C)C)C(C)C)(c2ccccc2)c2ccc(OC)cc2)cc1. The monoisotopic (exact) mass is 1070 g/mol. The number of rotatable bonds is 23. The van der Waals surface area contributed by atoms with Crippen molar-refractivity contribution in [1.29, 1.82) is 5.26 Å². The maximum Gasteiger partial charge on any atom is 0.351 e. The van der Waals surface area contributed by atoms with Crippen LogP contribution in [0, 0.1) is 16.7 Å². The Balaban J connectivity index is 1.49. The molecule has 0 spiro atoms. The van der Waals surface area contributed by atoms with Crippen LogP contribution in [0.4, 0.5) is 5.82 Å². The van der Waals surface area contributed by atoms with E-state index in [1.165, 1.54) is 16.8 Å². The van der Waals surface area contributed by atoms with Crippen LogP contribution >= 0.6 is 8.53 Å². The Hall–Kier alpha value is -5.51. The number of nitrogens with zero attached hydrogens (tertiary/aromatic N) is 4. The zero-order chi connectivity index (χ0) is 54.9. The summed E-state index contributed by atoms with van der Waals surface area (Å²) in [5, 5.41) is 15.7. The second-order valence-corrected chi connectivity index (χ2v) is 27.8. The second-order valence-electron chi connectivity index (χ2n) is 22.1. The minimum atomic E-state index is -2.78. The second kappa shape index (κ2) is 24.7. The molecule has 3 N–H and O–H groups in total. The van der Waals surface area contributed by atoms with E-state index in [1.54, 1.807) is 26.4 Å². The molecular formula is C57H78N6O10PSi+. The average Bonchev–Trinajstić information content (AvgIpc) is 3.69. The lowest BCUT2D eigenvalue weighted by Crippen LogP contribution is -2.64. The van der Waals surface area contributed by atoms with Crippen molar-refractivity contribution in [2.24, 2.45) is 5.41 Å². The Bertz CT molecular complexity index is 2670. The molecule has 1 saturated heterocycles. The van der Waals surface area contributed by atoms with Crippen LogP contribution in [0.2, 0.25) is 18.1 Å². The number of hydrogen-bond acceptors (Lipinski definition) is 13. The van der Waals surface area contributed by atoms with Gasteiger partial charge >= 0.3 is 14.2 Å². The summed E-state index contributed by atoms with van der Waals surface area (Å²) in [5.74, 6) is 1.37. The Kier molecular flexibility index (Phi) is 19.3. The number of carbonyl (C=O) groups excluding carboxylic acids is 1. The van der Waals surface area contributed by atoms with Crippen LogP contribution in [-0.2, 0) is 28.8 Å². The van der Waals surface area contributed by atoms with Crippen molar-refractivity contribution in [2.45, 2.75) is 142 Å². The summed E-state index contributed by atoms with van der Waals surface area (Å²) in [6.07, 6.45) is -3.45. The average molecular weight is 1070 g/mol. The summed E-state index contributed by atoms with van der Waals surface area (Å²) < 4.78 is 47.7. The lowest BCUT2D eigenvalue weighted by atomic mass is 9.80. The van der Waals surface area contributed by atoms with Gasteiger partial charge in [0.25, 0.3) is 5.91 Å². The van der Waals surface area contributed by atoms with Gasteiger partial charge in [-0.15, -0.1) is 0 Å². The lowest BCUT2D eigenvalue weighted by molar-refractivity contribution is -0.994. The van der Waals surface area contributed by atoms with Crippen LogP contribution in [0.15, 0.2) is 126 Å². The van der Waals surface area contributed by atoms with E-state index in [1.807, 2.05) is 146 Å². The maximum absolute atomic E-state index is 14.6. The predicted octanol–water partition coefficient (Wildman–Crippen LogP) is 10.6. The van der Waals surface area contributed by atoms with Crippen LogP contribution < -0.4 is 30.4 Å². The molecule has 6 atom stereocenters. The van der Waals surface area contributed by atoms with Crippen molar-refractivity contribution in [1.82, 2.24) is 14.7 Å². The third-order valence-electron chi connectivity index (χ3n) is 14.5. The summed E-state index contributed by atoms with van der Waals surface area (Å²) >= 11 is 0. The molecule has 0 radical (unpaired) electrons. The number of para-hydroxylation sites is 1. The standard InChI is InChI=1S/C57H77N6O10PSi/c1-39(2)63(40(3)4,37-21-35-58)61-74(66)72-49-47(38-69-57(41-22-17-15-18-23-41,42-26-30-44(67-11)31-27-42)43-28-32-45(68-12)33-29-43)71-53(50(49)73-75(13,14)56(8,9)10)62-36-34-48(60-54(62)65)59-52(64)51(55(5,6)7)70-46-24-19-16-20-25-46/h15-20,22-34,36,39-40,47,49-51,53,61,66H,21,37-38H2,1-14H3/p+1/t47-,49-,50-,51?,53-,74?/m1/s1. The van der Waals surface area contributed by atoms with E-state index < -0.39 is 70.1 Å². The van der Waals surface area contributed by atoms with Gasteiger partial charge in [0.05, 0.1) is 33.3 Å². The van der Waals surface area contributed by atoms with Crippen molar-refractivity contribution >= 4 is 28.6 Å². The van der Waals surface area contributed by atoms with Crippen LogP contribution in [0.3, 0.4) is 0 Å². The molecule has 0 bridgehead atoms. The van der Waals surface area contributed by atoms with Crippen molar-refractivity contribution in [2.75, 3.05) is 32.7 Å². The molecule has 18 heteroatoms. The summed E-state index contributed by atoms with van der Waals surface area (Å²) in [5.41, 5.74) is -0.282. The van der Waals surface area contributed by atoms with Crippen LogP contribution in [0.25, 0.3) is 0 Å². The molecular weight excluding hydrogens is 988 g/mol. The van der Waals surface area contributed by atoms with Crippen molar-refractivity contribution in [3.63, 3.8) is 0 Å². The number of nitriles is 1. The fourth-order valence-electron chi connectivity index (χ4n) is 9.17. The largest absolute Gasteiger partial charge is 0.497 e. The normalized spacial score (nSPS) is 18.3. The van der Waals surface area contributed by atoms with Crippen LogP contribution in [0.1, 0.15) is 98.6 Å². The highest BCUT2D eigenvalue weighted by Crippen LogP contribution is 2.48. The maximum atomic E-state index is 14.6. The third kappa shape index (κ3) is 13.5. The number of nitrogens with one attached hydrogen (secondary N) is 2. The molecule has 2 heterocycles. The van der Waals surface area contributed by atoms with Gasteiger partial charge in [-0.1, -0.05) is 120 Å². The first-order chi connectivity index (χ1) is 35.4. The number of carbonyl (C=O) groups is 1. The molecule has 75 heavy (non-hydrogen) atoms. The van der Waals surface area contributed by atoms with Crippen molar-refractivity contribution in [3.8, 4) is 23.3 Å². The molecule has 5 aromatic rings. The van der Waals surface area contributed by atoms with Gasteiger partial charge in [0.2, 0.25) is 0 Å². The molecule has 1 fully saturated rings. The Morgan fingerprint density at radius 2 is 1.35 bits per heavy atom. The van der Waals surface area contributed by atoms with Gasteiger partial charge in [-0.2, -0.15) is 10.2 Å². The van der Waals surface area contributed by atoms with E-state index in [2.05, 4.69) is 55.4 Å². The minimum Gasteiger partial charge on any atom is -0.497 e. The fraction of sp³-hybridized carbons (Fsp3) is 0.474. The lowest BCUT2D eigenvalue weighted by Gasteiger charge is -2.45. The number of ether oxygens (including phenoxy) is 5. The summed E-state index contributed by atoms with van der Waals surface area (Å²) in [6.45, 7) is 24.6. The molecule has 1 aliphatic rings. The highest BCUT2D eigenvalue weighted by molar-refractivity contribution is 7.43. The fourth-order valence-corrected chi connectivity index (χ4v) is 11.9. The third-order valence-corrected chi connectivity index (χ3v) is 19.9. The van der Waals surface area contributed by atoms with Gasteiger partial charge in [-0.25, -0.2) is 9.39 Å². The molecule has 1 aliphatic heterocycles. The summed E-state index contributed by atoms with van der Waals surface area (Å²) in [4.78, 5) is 45.3. The predicted molar refractivity (Wildman–Crippen MR) is 294 cm³/mol. The highest BCUT2D eigenvalue weighted by Gasteiger charge is 2.54. The number of methoxy groups -OCH3 is 2. The quantitative estimate of drug-likeness (QED) is 0.0185. The van der Waals surface area contributed by atoms with Gasteiger partial charge in [0, 0.05) is 11.6 Å². The number of anilines is 1. The molecule has 4 aromatic carbocycles. The van der Waals surface area contributed by atoms with Gasteiger partial charge in [0.1, 0.15) is 65.6 Å². The highest BCUT2D eigenvalue weighted by atomic mass is 31.2. The van der Waals surface area contributed by atoms with Crippen molar-refractivity contribution < 1.29 is 46.9 Å². The van der Waals surface area contributed by atoms with Gasteiger partial charge < -0.3 is 42.8 Å². The van der Waals surface area contributed by atoms with E-state index in [0.29, 0.717) is 23.8 Å². The molecule has 6 rings (SSSR count).